The topological polar surface area (TPSA) is 32.8 Å². The van der Waals surface area contributed by atoms with Gasteiger partial charge in [0.05, 0.1) is 6.10 Å². The van der Waals surface area contributed by atoms with Crippen molar-refractivity contribution in [3.05, 3.63) is 0 Å². The second-order valence-corrected chi connectivity index (χ2v) is 6.95. The summed E-state index contributed by atoms with van der Waals surface area (Å²) in [7, 11) is 0. The minimum absolute atomic E-state index is 0.234. The van der Waals surface area contributed by atoms with Gasteiger partial charge in [0, 0.05) is 31.5 Å². The first-order valence-electron chi connectivity index (χ1n) is 9.22. The maximum Gasteiger partial charge on any atom is 0.225 e. The van der Waals surface area contributed by atoms with E-state index in [4.69, 9.17) is 4.74 Å². The molecule has 2 rings (SSSR count). The zero-order chi connectivity index (χ0) is 16.7. The SMILES string of the molecule is CCC#CCOC1CCN(C(=O)C2CCN(C(C)C)CC2)CC1. The third-order valence-corrected chi connectivity index (χ3v) is 5.06. The van der Waals surface area contributed by atoms with Crippen LogP contribution in [0.25, 0.3) is 0 Å². The number of hydrogen-bond donors (Lipinski definition) is 0. The van der Waals surface area contributed by atoms with E-state index in [0.717, 1.165) is 58.3 Å². The summed E-state index contributed by atoms with van der Waals surface area (Å²) in [5.74, 6) is 6.66. The predicted molar refractivity (Wildman–Crippen MR) is 93.1 cm³/mol. The average molecular weight is 320 g/mol. The number of carbonyl (C=O) groups excluding carboxylic acids is 1. The minimum atomic E-state index is 0.234. The van der Waals surface area contributed by atoms with Gasteiger partial charge in [0.2, 0.25) is 5.91 Å². The summed E-state index contributed by atoms with van der Waals surface area (Å²) in [6.07, 6.45) is 5.08. The Kier molecular flexibility index (Phi) is 7.39. The maximum atomic E-state index is 12.7. The number of hydrogen-bond acceptors (Lipinski definition) is 3. The number of carbonyl (C=O) groups is 1. The van der Waals surface area contributed by atoms with Crippen LogP contribution in [0.4, 0.5) is 0 Å². The van der Waals surface area contributed by atoms with Crippen LogP contribution in [0, 0.1) is 17.8 Å². The molecule has 0 bridgehead atoms. The summed E-state index contributed by atoms with van der Waals surface area (Å²) in [6, 6.07) is 0.592. The highest BCUT2D eigenvalue weighted by molar-refractivity contribution is 5.79. The molecule has 2 aliphatic heterocycles. The maximum absolute atomic E-state index is 12.7. The molecule has 0 unspecified atom stereocenters. The molecule has 2 fully saturated rings. The molecule has 23 heavy (non-hydrogen) atoms. The van der Waals surface area contributed by atoms with Crippen LogP contribution < -0.4 is 0 Å². The molecule has 1 amide bonds. The Labute approximate surface area is 141 Å². The van der Waals surface area contributed by atoms with Crippen LogP contribution in [-0.2, 0) is 9.53 Å². The Morgan fingerprint density at radius 2 is 1.74 bits per heavy atom. The minimum Gasteiger partial charge on any atom is -0.365 e. The van der Waals surface area contributed by atoms with Crippen molar-refractivity contribution in [2.75, 3.05) is 32.8 Å². The van der Waals surface area contributed by atoms with Crippen LogP contribution in [-0.4, -0.2) is 60.6 Å². The smallest absolute Gasteiger partial charge is 0.225 e. The number of piperidine rings is 2. The predicted octanol–water partition coefficient (Wildman–Crippen LogP) is 2.53. The first kappa shape index (κ1) is 18.3. The Balaban J connectivity index is 1.70. The average Bonchev–Trinajstić information content (AvgIpc) is 2.59. The summed E-state index contributed by atoms with van der Waals surface area (Å²) in [5, 5.41) is 0. The monoisotopic (exact) mass is 320 g/mol. The van der Waals surface area contributed by atoms with E-state index in [9.17, 15) is 4.79 Å². The van der Waals surface area contributed by atoms with E-state index < -0.39 is 0 Å². The highest BCUT2D eigenvalue weighted by Gasteiger charge is 2.31. The second-order valence-electron chi connectivity index (χ2n) is 6.95. The molecule has 0 saturated carbocycles. The molecule has 4 heteroatoms. The molecule has 2 aliphatic rings. The van der Waals surface area contributed by atoms with Gasteiger partial charge in [-0.25, -0.2) is 0 Å². The third kappa shape index (κ3) is 5.51. The van der Waals surface area contributed by atoms with E-state index in [1.165, 1.54) is 0 Å². The molecule has 0 aliphatic carbocycles. The van der Waals surface area contributed by atoms with Gasteiger partial charge in [-0.15, -0.1) is 5.92 Å². The van der Waals surface area contributed by atoms with Crippen molar-refractivity contribution in [1.29, 1.82) is 0 Å². The molecule has 0 aromatic rings. The number of rotatable bonds is 4. The van der Waals surface area contributed by atoms with E-state index in [0.29, 0.717) is 18.6 Å². The Bertz CT molecular complexity index is 422. The molecule has 0 radical (unpaired) electrons. The molecule has 0 aromatic carbocycles. The van der Waals surface area contributed by atoms with E-state index in [1.807, 2.05) is 6.92 Å². The fraction of sp³-hybridized carbons (Fsp3) is 0.842. The van der Waals surface area contributed by atoms with Gasteiger partial charge < -0.3 is 14.5 Å². The third-order valence-electron chi connectivity index (χ3n) is 5.06. The quantitative estimate of drug-likeness (QED) is 0.746. The number of amides is 1. The lowest BCUT2D eigenvalue weighted by atomic mass is 9.93. The van der Waals surface area contributed by atoms with Gasteiger partial charge >= 0.3 is 0 Å². The lowest BCUT2D eigenvalue weighted by Gasteiger charge is -2.38. The standard InChI is InChI=1S/C19H32N2O2/c1-4-5-6-15-23-18-9-13-21(14-10-18)19(22)17-7-11-20(12-8-17)16(2)3/h16-18H,4,7-15H2,1-3H3. The van der Waals surface area contributed by atoms with Gasteiger partial charge in [-0.3, -0.25) is 4.79 Å². The lowest BCUT2D eigenvalue weighted by Crippen LogP contribution is -2.47. The van der Waals surface area contributed by atoms with Crippen LogP contribution in [0.1, 0.15) is 52.9 Å². The largest absolute Gasteiger partial charge is 0.365 e. The Morgan fingerprint density at radius 3 is 2.30 bits per heavy atom. The molecule has 0 spiro atoms. The zero-order valence-electron chi connectivity index (χ0n) is 15.0. The zero-order valence-corrected chi connectivity index (χ0v) is 15.0. The number of nitrogens with zero attached hydrogens (tertiary/aromatic N) is 2. The molecular weight excluding hydrogens is 288 g/mol. The number of likely N-dealkylation sites (tertiary alicyclic amines) is 2. The molecule has 0 atom stereocenters. The van der Waals surface area contributed by atoms with Gasteiger partial charge in [0.15, 0.2) is 0 Å². The van der Waals surface area contributed by atoms with Crippen molar-refractivity contribution in [2.24, 2.45) is 5.92 Å². The first-order chi connectivity index (χ1) is 11.1. The van der Waals surface area contributed by atoms with Crippen molar-refractivity contribution in [1.82, 2.24) is 9.80 Å². The molecule has 2 saturated heterocycles. The summed E-state index contributed by atoms with van der Waals surface area (Å²) in [4.78, 5) is 17.2. The van der Waals surface area contributed by atoms with Crippen LogP contribution in [0.15, 0.2) is 0 Å². The Hall–Kier alpha value is -1.05. The van der Waals surface area contributed by atoms with Crippen molar-refractivity contribution in [2.45, 2.75) is 65.0 Å². The molecule has 0 aromatic heterocycles. The molecular formula is C19H32N2O2. The lowest BCUT2D eigenvalue weighted by molar-refractivity contribution is -0.139. The van der Waals surface area contributed by atoms with E-state index >= 15 is 0 Å². The van der Waals surface area contributed by atoms with Crippen LogP contribution in [0.5, 0.6) is 0 Å². The molecule has 4 nitrogen and oxygen atoms in total. The van der Waals surface area contributed by atoms with Crippen molar-refractivity contribution >= 4 is 5.91 Å². The molecule has 0 N–H and O–H groups in total. The summed E-state index contributed by atoms with van der Waals surface area (Å²) >= 11 is 0. The van der Waals surface area contributed by atoms with Gasteiger partial charge in [-0.1, -0.05) is 12.8 Å². The summed E-state index contributed by atoms with van der Waals surface area (Å²) < 4.78 is 5.78. The highest BCUT2D eigenvalue weighted by Crippen LogP contribution is 2.23. The van der Waals surface area contributed by atoms with E-state index in [2.05, 4.69) is 35.5 Å². The van der Waals surface area contributed by atoms with Gasteiger partial charge in [-0.05, 0) is 52.6 Å². The van der Waals surface area contributed by atoms with E-state index in [1.54, 1.807) is 0 Å². The molecule has 2 heterocycles. The van der Waals surface area contributed by atoms with Gasteiger partial charge in [0.1, 0.15) is 6.61 Å². The van der Waals surface area contributed by atoms with Crippen molar-refractivity contribution < 1.29 is 9.53 Å². The van der Waals surface area contributed by atoms with Gasteiger partial charge in [-0.2, -0.15) is 0 Å². The molecule has 130 valence electrons. The van der Waals surface area contributed by atoms with Crippen LogP contribution >= 0.6 is 0 Å². The second kappa shape index (κ2) is 9.30. The number of ether oxygens (including phenoxy) is 1. The summed E-state index contributed by atoms with van der Waals surface area (Å²) in [5.41, 5.74) is 0. The normalized spacial score (nSPS) is 21.3. The first-order valence-corrected chi connectivity index (χ1v) is 9.22. The van der Waals surface area contributed by atoms with Gasteiger partial charge in [0.25, 0.3) is 0 Å². The summed E-state index contributed by atoms with van der Waals surface area (Å²) in [6.45, 7) is 10.8. The van der Waals surface area contributed by atoms with Crippen molar-refractivity contribution in [3.8, 4) is 11.8 Å². The highest BCUT2D eigenvalue weighted by atomic mass is 16.5. The van der Waals surface area contributed by atoms with Crippen molar-refractivity contribution in [3.63, 3.8) is 0 Å². The van der Waals surface area contributed by atoms with E-state index in [-0.39, 0.29) is 12.0 Å². The fourth-order valence-corrected chi connectivity index (χ4v) is 3.50. The fourth-order valence-electron chi connectivity index (χ4n) is 3.50. The van der Waals surface area contributed by atoms with Crippen LogP contribution in [0.3, 0.4) is 0 Å². The Morgan fingerprint density at radius 1 is 1.09 bits per heavy atom. The van der Waals surface area contributed by atoms with Crippen LogP contribution in [0.2, 0.25) is 0 Å².